The SMILES string of the molecule is CC(NC(=O)c1cc(C#N)cnc1NCc1ccc(-c2cnc(N)nc2)cc1)c1ccc(F)cc1. The van der Waals surface area contributed by atoms with Crippen LogP contribution in [-0.2, 0) is 6.54 Å². The van der Waals surface area contributed by atoms with Crippen LogP contribution in [0.25, 0.3) is 11.1 Å². The van der Waals surface area contributed by atoms with E-state index in [0.717, 1.165) is 22.3 Å². The second-order valence-corrected chi connectivity index (χ2v) is 7.86. The maximum absolute atomic E-state index is 13.2. The van der Waals surface area contributed by atoms with Gasteiger partial charge in [0.1, 0.15) is 17.7 Å². The predicted octanol–water partition coefficient (Wildman–Crippen LogP) is 4.23. The summed E-state index contributed by atoms with van der Waals surface area (Å²) in [6, 6.07) is 16.8. The third kappa shape index (κ3) is 5.75. The molecule has 0 spiro atoms. The maximum atomic E-state index is 13.2. The van der Waals surface area contributed by atoms with Crippen LogP contribution in [0.4, 0.5) is 16.2 Å². The molecular weight excluding hydrogens is 445 g/mol. The van der Waals surface area contributed by atoms with Crippen molar-refractivity contribution in [3.05, 3.63) is 101 Å². The molecule has 0 aliphatic rings. The maximum Gasteiger partial charge on any atom is 0.255 e. The minimum atomic E-state index is -0.396. The lowest BCUT2D eigenvalue weighted by atomic mass is 10.1. The molecule has 1 atom stereocenters. The molecule has 1 unspecified atom stereocenters. The van der Waals surface area contributed by atoms with Crippen LogP contribution in [0.1, 0.15) is 40.0 Å². The Morgan fingerprint density at radius 2 is 1.71 bits per heavy atom. The van der Waals surface area contributed by atoms with Gasteiger partial charge in [0.15, 0.2) is 0 Å². The van der Waals surface area contributed by atoms with Crippen molar-refractivity contribution in [2.24, 2.45) is 0 Å². The first kappa shape index (κ1) is 23.3. The molecule has 0 aliphatic carbocycles. The third-order valence-electron chi connectivity index (χ3n) is 5.40. The first-order valence-electron chi connectivity index (χ1n) is 10.8. The summed E-state index contributed by atoms with van der Waals surface area (Å²) >= 11 is 0. The van der Waals surface area contributed by atoms with Crippen molar-refractivity contribution in [2.75, 3.05) is 11.1 Å². The molecule has 0 fully saturated rings. The van der Waals surface area contributed by atoms with Crippen molar-refractivity contribution in [3.63, 3.8) is 0 Å². The van der Waals surface area contributed by atoms with E-state index in [1.54, 1.807) is 31.5 Å². The standard InChI is InChI=1S/C26H22FN7O/c1-16(19-6-8-22(27)9-7-19)34-25(35)23-10-18(11-28)13-31-24(23)30-12-17-2-4-20(5-3-17)21-14-32-26(29)33-15-21/h2-10,13-16H,12H2,1H3,(H,30,31)(H,34,35)(H2,29,32,33). The lowest BCUT2D eigenvalue weighted by molar-refractivity contribution is 0.0940. The van der Waals surface area contributed by atoms with Gasteiger partial charge in [0, 0.05) is 30.7 Å². The van der Waals surface area contributed by atoms with E-state index in [1.165, 1.54) is 24.4 Å². The van der Waals surface area contributed by atoms with Gasteiger partial charge in [-0.1, -0.05) is 36.4 Å². The fourth-order valence-electron chi connectivity index (χ4n) is 3.44. The van der Waals surface area contributed by atoms with Crippen molar-refractivity contribution in [1.82, 2.24) is 20.3 Å². The summed E-state index contributed by atoms with van der Waals surface area (Å²) < 4.78 is 13.2. The molecule has 4 rings (SSSR count). The van der Waals surface area contributed by atoms with Crippen LogP contribution in [0, 0.1) is 17.1 Å². The second-order valence-electron chi connectivity index (χ2n) is 7.86. The highest BCUT2D eigenvalue weighted by atomic mass is 19.1. The molecule has 8 nitrogen and oxygen atoms in total. The molecule has 0 saturated heterocycles. The Morgan fingerprint density at radius 3 is 2.37 bits per heavy atom. The zero-order valence-corrected chi connectivity index (χ0v) is 18.9. The molecule has 0 aliphatic heterocycles. The van der Waals surface area contributed by atoms with Crippen molar-refractivity contribution < 1.29 is 9.18 Å². The number of nitrogens with zero attached hydrogens (tertiary/aromatic N) is 4. The first-order valence-corrected chi connectivity index (χ1v) is 10.8. The Hall–Kier alpha value is -4.84. The minimum absolute atomic E-state index is 0.219. The third-order valence-corrected chi connectivity index (χ3v) is 5.40. The summed E-state index contributed by atoms with van der Waals surface area (Å²) in [7, 11) is 0. The molecule has 2 heterocycles. The van der Waals surface area contributed by atoms with Gasteiger partial charge >= 0.3 is 0 Å². The number of nitrogens with two attached hydrogens (primary N) is 1. The summed E-state index contributed by atoms with van der Waals surface area (Å²) in [6.45, 7) is 2.21. The second kappa shape index (κ2) is 10.4. The quantitative estimate of drug-likeness (QED) is 0.371. The van der Waals surface area contributed by atoms with E-state index in [0.29, 0.717) is 12.4 Å². The number of amides is 1. The van der Waals surface area contributed by atoms with Crippen LogP contribution in [0.5, 0.6) is 0 Å². The van der Waals surface area contributed by atoms with Crippen LogP contribution >= 0.6 is 0 Å². The number of hydrogen-bond acceptors (Lipinski definition) is 7. The van der Waals surface area contributed by atoms with Crippen molar-refractivity contribution >= 4 is 17.7 Å². The van der Waals surface area contributed by atoms with Gasteiger partial charge in [-0.15, -0.1) is 0 Å². The van der Waals surface area contributed by atoms with E-state index >= 15 is 0 Å². The number of nitriles is 1. The van der Waals surface area contributed by atoms with Gasteiger partial charge in [-0.25, -0.2) is 19.3 Å². The number of nitrogen functional groups attached to an aromatic ring is 1. The summed E-state index contributed by atoms with van der Waals surface area (Å²) in [5.74, 6) is -0.174. The van der Waals surface area contributed by atoms with Gasteiger partial charge in [0.05, 0.1) is 17.2 Å². The van der Waals surface area contributed by atoms with Crippen LogP contribution in [0.3, 0.4) is 0 Å². The fraction of sp³-hybridized carbons (Fsp3) is 0.115. The summed E-state index contributed by atoms with van der Waals surface area (Å²) in [5.41, 5.74) is 9.56. The Bertz CT molecular complexity index is 1370. The van der Waals surface area contributed by atoms with E-state index in [1.807, 2.05) is 30.3 Å². The molecule has 0 radical (unpaired) electrons. The number of hydrogen-bond donors (Lipinski definition) is 3. The molecule has 1 amide bonds. The van der Waals surface area contributed by atoms with Crippen LogP contribution in [0.2, 0.25) is 0 Å². The number of carbonyl (C=O) groups is 1. The largest absolute Gasteiger partial charge is 0.368 e. The van der Waals surface area contributed by atoms with E-state index in [2.05, 4.69) is 25.6 Å². The number of aromatic nitrogens is 3. The minimum Gasteiger partial charge on any atom is -0.368 e. The molecule has 35 heavy (non-hydrogen) atoms. The van der Waals surface area contributed by atoms with Gasteiger partial charge in [-0.3, -0.25) is 4.79 Å². The molecule has 9 heteroatoms. The Labute approximate surface area is 201 Å². The number of carbonyl (C=O) groups excluding carboxylic acids is 1. The smallest absolute Gasteiger partial charge is 0.255 e. The molecule has 2 aromatic carbocycles. The Balaban J connectivity index is 1.48. The Morgan fingerprint density at radius 1 is 1.03 bits per heavy atom. The molecular formula is C26H22FN7O. The monoisotopic (exact) mass is 467 g/mol. The molecule has 2 aromatic heterocycles. The van der Waals surface area contributed by atoms with Gasteiger partial charge < -0.3 is 16.4 Å². The van der Waals surface area contributed by atoms with Gasteiger partial charge in [-0.05, 0) is 41.8 Å². The van der Waals surface area contributed by atoms with Crippen molar-refractivity contribution in [2.45, 2.75) is 19.5 Å². The van der Waals surface area contributed by atoms with Gasteiger partial charge in [-0.2, -0.15) is 5.26 Å². The number of pyridine rings is 1. The van der Waals surface area contributed by atoms with Crippen LogP contribution in [-0.4, -0.2) is 20.9 Å². The predicted molar refractivity (Wildman–Crippen MR) is 130 cm³/mol. The lowest BCUT2D eigenvalue weighted by Gasteiger charge is -2.16. The van der Waals surface area contributed by atoms with E-state index in [-0.39, 0.29) is 28.9 Å². The molecule has 4 N–H and O–H groups in total. The highest BCUT2D eigenvalue weighted by Gasteiger charge is 2.17. The number of benzene rings is 2. The zero-order chi connectivity index (χ0) is 24.8. The average molecular weight is 468 g/mol. The average Bonchev–Trinajstić information content (AvgIpc) is 2.88. The van der Waals surface area contributed by atoms with Crippen molar-refractivity contribution in [1.29, 1.82) is 5.26 Å². The lowest BCUT2D eigenvalue weighted by Crippen LogP contribution is -2.28. The number of rotatable bonds is 7. The summed E-state index contributed by atoms with van der Waals surface area (Å²) in [5, 5.41) is 15.3. The fourth-order valence-corrected chi connectivity index (χ4v) is 3.44. The summed E-state index contributed by atoms with van der Waals surface area (Å²) in [4.78, 5) is 25.3. The van der Waals surface area contributed by atoms with E-state index in [4.69, 9.17) is 5.73 Å². The first-order chi connectivity index (χ1) is 16.9. The highest BCUT2D eigenvalue weighted by Crippen LogP contribution is 2.21. The normalized spacial score (nSPS) is 11.3. The van der Waals surface area contributed by atoms with E-state index < -0.39 is 5.91 Å². The highest BCUT2D eigenvalue weighted by molar-refractivity contribution is 5.99. The zero-order valence-electron chi connectivity index (χ0n) is 18.9. The Kier molecular flexibility index (Phi) is 6.93. The van der Waals surface area contributed by atoms with Crippen LogP contribution < -0.4 is 16.4 Å². The van der Waals surface area contributed by atoms with Gasteiger partial charge in [0.2, 0.25) is 5.95 Å². The van der Waals surface area contributed by atoms with E-state index in [9.17, 15) is 14.4 Å². The molecule has 0 saturated carbocycles. The van der Waals surface area contributed by atoms with Crippen LogP contribution in [0.15, 0.2) is 73.2 Å². The van der Waals surface area contributed by atoms with Gasteiger partial charge in [0.25, 0.3) is 5.91 Å². The number of nitrogens with one attached hydrogen (secondary N) is 2. The topological polar surface area (TPSA) is 130 Å². The van der Waals surface area contributed by atoms with Crippen molar-refractivity contribution in [3.8, 4) is 17.2 Å². The number of halogens is 1. The number of anilines is 2. The molecule has 4 aromatic rings. The summed E-state index contributed by atoms with van der Waals surface area (Å²) in [6.07, 6.45) is 4.73. The molecule has 174 valence electrons. The molecule has 0 bridgehead atoms.